The van der Waals surface area contributed by atoms with Gasteiger partial charge in [-0.1, -0.05) is 24.3 Å². The summed E-state index contributed by atoms with van der Waals surface area (Å²) >= 11 is 3.43. The first kappa shape index (κ1) is 17.5. The number of nitrogens with one attached hydrogen (secondary N) is 1. The summed E-state index contributed by atoms with van der Waals surface area (Å²) in [6.07, 6.45) is 0. The number of amides is 1. The van der Waals surface area contributed by atoms with Crippen molar-refractivity contribution in [2.24, 2.45) is 0 Å². The van der Waals surface area contributed by atoms with Crippen LogP contribution in [0.1, 0.15) is 23.3 Å². The van der Waals surface area contributed by atoms with Gasteiger partial charge < -0.3 is 14.3 Å². The number of furan rings is 1. The zero-order valence-electron chi connectivity index (χ0n) is 14.5. The fourth-order valence-corrected chi connectivity index (χ4v) is 3.47. The van der Waals surface area contributed by atoms with E-state index in [-0.39, 0.29) is 23.8 Å². The average molecular weight is 426 g/mol. The van der Waals surface area contributed by atoms with Crippen molar-refractivity contribution in [3.63, 3.8) is 0 Å². The lowest BCUT2D eigenvalue weighted by molar-refractivity contribution is 0.0718. The fraction of sp³-hybridized carbons (Fsp3) is 0.150. The number of carbonyl (C=O) groups is 1. The molecule has 0 saturated carbocycles. The van der Waals surface area contributed by atoms with Gasteiger partial charge in [-0.25, -0.2) is 4.98 Å². The third-order valence-electron chi connectivity index (χ3n) is 4.38. The van der Waals surface area contributed by atoms with E-state index in [2.05, 4.69) is 25.9 Å². The highest BCUT2D eigenvalue weighted by Gasteiger charge is 2.20. The van der Waals surface area contributed by atoms with Gasteiger partial charge in [0, 0.05) is 11.9 Å². The van der Waals surface area contributed by atoms with Crippen LogP contribution < -0.4 is 5.56 Å². The molecule has 4 rings (SSSR count). The highest BCUT2D eigenvalue weighted by Crippen LogP contribution is 2.27. The van der Waals surface area contributed by atoms with E-state index in [1.807, 2.05) is 31.2 Å². The Morgan fingerprint density at radius 2 is 2.04 bits per heavy atom. The molecule has 1 N–H and O–H groups in total. The molecule has 0 radical (unpaired) electrons. The van der Waals surface area contributed by atoms with Crippen molar-refractivity contribution in [2.45, 2.75) is 13.5 Å². The number of rotatable bonds is 4. The minimum absolute atomic E-state index is 0.188. The molecule has 2 aromatic carbocycles. The molecule has 0 atom stereocenters. The van der Waals surface area contributed by atoms with Crippen LogP contribution in [0.15, 0.2) is 62.2 Å². The molecule has 1 amide bonds. The molecule has 27 heavy (non-hydrogen) atoms. The molecule has 2 heterocycles. The largest absolute Gasteiger partial charge is 0.450 e. The zero-order chi connectivity index (χ0) is 19.0. The number of hydrogen-bond donors (Lipinski definition) is 1. The number of aromatic nitrogens is 2. The van der Waals surface area contributed by atoms with Crippen molar-refractivity contribution in [3.8, 4) is 0 Å². The van der Waals surface area contributed by atoms with Crippen LogP contribution in [0.5, 0.6) is 0 Å². The van der Waals surface area contributed by atoms with E-state index in [0.29, 0.717) is 28.9 Å². The Morgan fingerprint density at radius 3 is 2.81 bits per heavy atom. The van der Waals surface area contributed by atoms with Crippen LogP contribution in [0.2, 0.25) is 0 Å². The Labute approximate surface area is 162 Å². The van der Waals surface area contributed by atoms with Crippen molar-refractivity contribution in [3.05, 3.63) is 74.9 Å². The number of para-hydroxylation sites is 2. The molecule has 0 aliphatic heterocycles. The first-order valence-electron chi connectivity index (χ1n) is 8.52. The average Bonchev–Trinajstić information content (AvgIpc) is 3.11. The Bertz CT molecular complexity index is 1210. The topological polar surface area (TPSA) is 79.2 Å². The number of fused-ring (bicyclic) bond motifs is 2. The van der Waals surface area contributed by atoms with Crippen LogP contribution in [0.3, 0.4) is 0 Å². The van der Waals surface area contributed by atoms with E-state index in [9.17, 15) is 9.59 Å². The quantitative estimate of drug-likeness (QED) is 0.533. The second-order valence-corrected chi connectivity index (χ2v) is 6.97. The highest BCUT2D eigenvalue weighted by molar-refractivity contribution is 9.10. The van der Waals surface area contributed by atoms with Gasteiger partial charge in [-0.3, -0.25) is 9.59 Å². The van der Waals surface area contributed by atoms with Crippen LogP contribution in [0.25, 0.3) is 21.9 Å². The van der Waals surface area contributed by atoms with Crippen LogP contribution >= 0.6 is 15.9 Å². The highest BCUT2D eigenvalue weighted by atomic mass is 79.9. The summed E-state index contributed by atoms with van der Waals surface area (Å²) in [7, 11) is 0. The van der Waals surface area contributed by atoms with Gasteiger partial charge in [-0.05, 0) is 47.1 Å². The van der Waals surface area contributed by atoms with Crippen molar-refractivity contribution in [1.29, 1.82) is 0 Å². The minimum Gasteiger partial charge on any atom is -0.450 e. The fourth-order valence-electron chi connectivity index (χ4n) is 3.01. The summed E-state index contributed by atoms with van der Waals surface area (Å²) in [6, 6.07) is 14.5. The third kappa shape index (κ3) is 3.26. The molecule has 0 spiro atoms. The van der Waals surface area contributed by atoms with E-state index in [1.165, 1.54) is 0 Å². The van der Waals surface area contributed by atoms with E-state index < -0.39 is 0 Å². The summed E-state index contributed by atoms with van der Waals surface area (Å²) in [5.74, 6) is 0.435. The molecular formula is C20H16BrN3O3. The van der Waals surface area contributed by atoms with E-state index in [4.69, 9.17) is 4.42 Å². The normalized spacial score (nSPS) is 11.2. The summed E-state index contributed by atoms with van der Waals surface area (Å²) < 4.78 is 6.54. The lowest BCUT2D eigenvalue weighted by Gasteiger charge is -2.19. The molecule has 7 heteroatoms. The second kappa shape index (κ2) is 7.00. The molecule has 136 valence electrons. The van der Waals surface area contributed by atoms with Gasteiger partial charge in [0.2, 0.25) is 0 Å². The molecule has 2 aromatic heterocycles. The van der Waals surface area contributed by atoms with Crippen LogP contribution in [-0.2, 0) is 6.54 Å². The SMILES string of the molecule is CCN(Cc1nc2ccccc2c(=O)[nH]1)C(=O)c1cc2cccc(Br)c2o1. The first-order chi connectivity index (χ1) is 13.1. The number of aromatic amines is 1. The van der Waals surface area contributed by atoms with Gasteiger partial charge in [0.25, 0.3) is 11.5 Å². The van der Waals surface area contributed by atoms with Crippen molar-refractivity contribution in [2.75, 3.05) is 6.54 Å². The Kier molecular flexibility index (Phi) is 4.53. The first-order valence-corrected chi connectivity index (χ1v) is 9.31. The molecule has 4 aromatic rings. The lowest BCUT2D eigenvalue weighted by Crippen LogP contribution is -2.31. The van der Waals surface area contributed by atoms with Gasteiger partial charge in [-0.15, -0.1) is 0 Å². The van der Waals surface area contributed by atoms with Crippen molar-refractivity contribution >= 4 is 43.7 Å². The number of hydrogen-bond acceptors (Lipinski definition) is 4. The van der Waals surface area contributed by atoms with E-state index in [1.54, 1.807) is 29.2 Å². The summed E-state index contributed by atoms with van der Waals surface area (Å²) in [5.41, 5.74) is 1.02. The molecular weight excluding hydrogens is 410 g/mol. The predicted octanol–water partition coefficient (Wildman–Crippen LogP) is 4.09. The summed E-state index contributed by atoms with van der Waals surface area (Å²) in [4.78, 5) is 34.0. The Hall–Kier alpha value is -2.93. The molecule has 6 nitrogen and oxygen atoms in total. The smallest absolute Gasteiger partial charge is 0.290 e. The zero-order valence-corrected chi connectivity index (χ0v) is 16.1. The van der Waals surface area contributed by atoms with Gasteiger partial charge >= 0.3 is 0 Å². The van der Waals surface area contributed by atoms with Crippen LogP contribution in [-0.4, -0.2) is 27.3 Å². The standard InChI is InChI=1S/C20H16BrN3O3/c1-2-24(11-17-22-15-9-4-3-7-13(15)19(25)23-17)20(26)16-10-12-6-5-8-14(21)18(12)27-16/h3-10H,2,11H2,1H3,(H,22,23,25). The lowest BCUT2D eigenvalue weighted by atomic mass is 10.2. The number of H-pyrrole nitrogens is 1. The maximum absolute atomic E-state index is 12.9. The minimum atomic E-state index is -0.253. The van der Waals surface area contributed by atoms with E-state index in [0.717, 1.165) is 9.86 Å². The van der Waals surface area contributed by atoms with Crippen molar-refractivity contribution < 1.29 is 9.21 Å². The molecule has 0 saturated heterocycles. The molecule has 0 aliphatic rings. The van der Waals surface area contributed by atoms with Gasteiger partial charge in [-0.2, -0.15) is 0 Å². The van der Waals surface area contributed by atoms with Gasteiger partial charge in [0.05, 0.1) is 21.9 Å². The van der Waals surface area contributed by atoms with Gasteiger partial charge in [0.15, 0.2) is 5.76 Å². The molecule has 0 bridgehead atoms. The Morgan fingerprint density at radius 1 is 1.22 bits per heavy atom. The predicted molar refractivity (Wildman–Crippen MR) is 107 cm³/mol. The number of carbonyl (C=O) groups excluding carboxylic acids is 1. The maximum atomic E-state index is 12.9. The number of benzene rings is 2. The maximum Gasteiger partial charge on any atom is 0.290 e. The summed E-state index contributed by atoms with van der Waals surface area (Å²) in [5, 5.41) is 1.37. The second-order valence-electron chi connectivity index (χ2n) is 6.12. The number of nitrogens with zero attached hydrogens (tertiary/aromatic N) is 2. The molecule has 0 aliphatic carbocycles. The van der Waals surface area contributed by atoms with E-state index >= 15 is 0 Å². The molecule has 0 fully saturated rings. The number of halogens is 1. The third-order valence-corrected chi connectivity index (χ3v) is 5.00. The molecule has 0 unspecified atom stereocenters. The van der Waals surface area contributed by atoms with Crippen molar-refractivity contribution in [1.82, 2.24) is 14.9 Å². The Balaban J connectivity index is 1.66. The van der Waals surface area contributed by atoms with Gasteiger partial charge in [0.1, 0.15) is 11.4 Å². The summed E-state index contributed by atoms with van der Waals surface area (Å²) in [6.45, 7) is 2.51. The monoisotopic (exact) mass is 425 g/mol. The van der Waals surface area contributed by atoms with Crippen LogP contribution in [0, 0.1) is 0 Å². The van der Waals surface area contributed by atoms with Crippen LogP contribution in [0.4, 0.5) is 0 Å².